The Morgan fingerprint density at radius 2 is 1.90 bits per heavy atom. The third-order valence-corrected chi connectivity index (χ3v) is 6.47. The third-order valence-electron chi connectivity index (χ3n) is 6.47. The van der Waals surface area contributed by atoms with E-state index in [0.717, 1.165) is 16.7 Å². The second-order valence-corrected chi connectivity index (χ2v) is 10.5. The van der Waals surface area contributed by atoms with Gasteiger partial charge in [-0.3, -0.25) is 4.79 Å². The molecule has 0 saturated carbocycles. The van der Waals surface area contributed by atoms with Crippen LogP contribution in [0.5, 0.6) is 0 Å². The number of nitrogens with one attached hydrogen (secondary N) is 1. The van der Waals surface area contributed by atoms with Crippen molar-refractivity contribution in [2.75, 3.05) is 24.2 Å². The summed E-state index contributed by atoms with van der Waals surface area (Å²) in [5.41, 5.74) is 1.33. The molecule has 0 bridgehead atoms. The number of amides is 2. The van der Waals surface area contributed by atoms with E-state index < -0.39 is 17.7 Å². The number of ether oxygens (including phenoxy) is 1. The van der Waals surface area contributed by atoms with Gasteiger partial charge in [0.25, 0.3) is 5.91 Å². The Balaban J connectivity index is 1.56. The second kappa shape index (κ2) is 11.1. The van der Waals surface area contributed by atoms with Crippen molar-refractivity contribution in [1.82, 2.24) is 19.5 Å². The second-order valence-electron chi connectivity index (χ2n) is 10.5. The minimum atomic E-state index is -1.23. The van der Waals surface area contributed by atoms with Gasteiger partial charge in [0, 0.05) is 36.3 Å². The van der Waals surface area contributed by atoms with Gasteiger partial charge in [0.15, 0.2) is 5.69 Å². The number of aromatic nitrogens is 3. The summed E-state index contributed by atoms with van der Waals surface area (Å²) in [7, 11) is 0. The van der Waals surface area contributed by atoms with E-state index >= 15 is 0 Å². The number of piperidine rings is 1. The van der Waals surface area contributed by atoms with Crippen molar-refractivity contribution in [3.05, 3.63) is 65.2 Å². The number of benzene rings is 1. The van der Waals surface area contributed by atoms with Crippen LogP contribution in [0.25, 0.3) is 11.3 Å². The van der Waals surface area contributed by atoms with Crippen molar-refractivity contribution < 1.29 is 24.2 Å². The molecule has 1 saturated heterocycles. The van der Waals surface area contributed by atoms with Gasteiger partial charge in [0.1, 0.15) is 22.9 Å². The fourth-order valence-electron chi connectivity index (χ4n) is 4.55. The van der Waals surface area contributed by atoms with Crippen molar-refractivity contribution in [1.29, 1.82) is 0 Å². The Morgan fingerprint density at radius 3 is 2.54 bits per heavy atom. The number of carbonyl (C=O) groups excluding carboxylic acids is 2. The zero-order chi connectivity index (χ0) is 28.3. The summed E-state index contributed by atoms with van der Waals surface area (Å²) < 4.78 is 6.60. The summed E-state index contributed by atoms with van der Waals surface area (Å²) >= 11 is 0. The maximum Gasteiger partial charge on any atom is 0.410 e. The number of nitrogens with zero attached hydrogens (tertiary/aromatic N) is 4. The molecule has 4 N–H and O–H groups in total. The van der Waals surface area contributed by atoms with Crippen LogP contribution in [-0.2, 0) is 11.2 Å². The Hall–Kier alpha value is -4.41. The van der Waals surface area contributed by atoms with Gasteiger partial charge in [-0.25, -0.2) is 24.2 Å². The number of anilines is 1. The lowest BCUT2D eigenvalue weighted by Crippen LogP contribution is -2.43. The highest BCUT2D eigenvalue weighted by Crippen LogP contribution is 2.31. The topological polar surface area (TPSA) is 153 Å². The number of likely N-dealkylation sites (tertiary alicyclic amines) is 1. The van der Waals surface area contributed by atoms with E-state index in [2.05, 4.69) is 15.3 Å². The SMILES string of the molecule is CCc1ccnc(NC(=O)c2ccc(-c3nc(C4CCCN(C(=O)OC(C)(C)C)C4)n(N)c3C(=O)O)cc2)c1. The number of hydrogen-bond acceptors (Lipinski definition) is 7. The van der Waals surface area contributed by atoms with Crippen molar-refractivity contribution in [3.63, 3.8) is 0 Å². The maximum atomic E-state index is 12.7. The van der Waals surface area contributed by atoms with Gasteiger partial charge >= 0.3 is 12.1 Å². The molecule has 1 aromatic carbocycles. The molecule has 0 spiro atoms. The van der Waals surface area contributed by atoms with Crippen LogP contribution in [0.2, 0.25) is 0 Å². The molecule has 2 amide bonds. The van der Waals surface area contributed by atoms with Crippen LogP contribution in [0, 0.1) is 0 Å². The molecule has 0 radical (unpaired) electrons. The van der Waals surface area contributed by atoms with Crippen LogP contribution < -0.4 is 11.2 Å². The average molecular weight is 535 g/mol. The fraction of sp³-hybridized carbons (Fsp3) is 0.393. The smallest absolute Gasteiger partial charge is 0.410 e. The first kappa shape index (κ1) is 27.6. The van der Waals surface area contributed by atoms with Crippen LogP contribution >= 0.6 is 0 Å². The van der Waals surface area contributed by atoms with Crippen molar-refractivity contribution in [3.8, 4) is 11.3 Å². The summed E-state index contributed by atoms with van der Waals surface area (Å²) in [6, 6.07) is 10.2. The molecule has 39 heavy (non-hydrogen) atoms. The summed E-state index contributed by atoms with van der Waals surface area (Å²) in [6.45, 7) is 8.29. The van der Waals surface area contributed by atoms with E-state index in [4.69, 9.17) is 10.6 Å². The highest BCUT2D eigenvalue weighted by Gasteiger charge is 2.33. The number of carbonyl (C=O) groups is 3. The molecule has 1 aliphatic heterocycles. The van der Waals surface area contributed by atoms with Crippen LogP contribution in [0.3, 0.4) is 0 Å². The molecule has 1 atom stereocenters. The number of nitrogens with two attached hydrogens (primary N) is 1. The molecule has 1 fully saturated rings. The monoisotopic (exact) mass is 534 g/mol. The average Bonchev–Trinajstić information content (AvgIpc) is 3.25. The molecular weight excluding hydrogens is 500 g/mol. The van der Waals surface area contributed by atoms with Crippen molar-refractivity contribution in [2.45, 2.75) is 58.5 Å². The molecule has 1 aliphatic rings. The quantitative estimate of drug-likeness (QED) is 0.396. The lowest BCUT2D eigenvalue weighted by Gasteiger charge is -2.33. The number of nitrogen functional groups attached to an aromatic ring is 1. The Labute approximate surface area is 227 Å². The largest absolute Gasteiger partial charge is 0.476 e. The van der Waals surface area contributed by atoms with Gasteiger partial charge in [-0.1, -0.05) is 19.1 Å². The number of hydrogen-bond donors (Lipinski definition) is 3. The first-order valence-electron chi connectivity index (χ1n) is 12.9. The summed E-state index contributed by atoms with van der Waals surface area (Å²) in [6.07, 6.45) is 3.44. The third kappa shape index (κ3) is 6.36. The van der Waals surface area contributed by atoms with E-state index in [-0.39, 0.29) is 23.2 Å². The zero-order valence-corrected chi connectivity index (χ0v) is 22.6. The van der Waals surface area contributed by atoms with Gasteiger partial charge in [-0.05, 0) is 69.9 Å². The molecule has 1 unspecified atom stereocenters. The minimum Gasteiger partial charge on any atom is -0.476 e. The van der Waals surface area contributed by atoms with E-state index in [1.807, 2.05) is 19.1 Å². The fourth-order valence-corrected chi connectivity index (χ4v) is 4.55. The van der Waals surface area contributed by atoms with E-state index in [1.54, 1.807) is 56.1 Å². The maximum absolute atomic E-state index is 12.7. The van der Waals surface area contributed by atoms with Gasteiger partial charge in [-0.2, -0.15) is 0 Å². The highest BCUT2D eigenvalue weighted by atomic mass is 16.6. The minimum absolute atomic E-state index is 0.169. The summed E-state index contributed by atoms with van der Waals surface area (Å²) in [4.78, 5) is 48.0. The van der Waals surface area contributed by atoms with Crippen molar-refractivity contribution in [2.24, 2.45) is 0 Å². The molecule has 206 valence electrons. The van der Waals surface area contributed by atoms with E-state index in [9.17, 15) is 19.5 Å². The molecule has 2 aromatic heterocycles. The normalized spacial score (nSPS) is 15.6. The van der Waals surface area contributed by atoms with Crippen LogP contribution in [0.15, 0.2) is 42.6 Å². The lowest BCUT2D eigenvalue weighted by atomic mass is 9.97. The molecule has 4 rings (SSSR count). The molecule has 0 aliphatic carbocycles. The van der Waals surface area contributed by atoms with E-state index in [0.29, 0.717) is 48.7 Å². The van der Waals surface area contributed by atoms with E-state index in [1.165, 1.54) is 0 Å². The van der Waals surface area contributed by atoms with Gasteiger partial charge in [0.05, 0.1) is 0 Å². The predicted molar refractivity (Wildman–Crippen MR) is 146 cm³/mol. The first-order valence-corrected chi connectivity index (χ1v) is 12.9. The number of carboxylic acid groups (broad SMARTS) is 1. The lowest BCUT2D eigenvalue weighted by molar-refractivity contribution is 0.0194. The summed E-state index contributed by atoms with van der Waals surface area (Å²) in [5.74, 6) is 5.25. The Kier molecular flexibility index (Phi) is 7.89. The molecule has 11 heteroatoms. The van der Waals surface area contributed by atoms with Gasteiger partial charge in [-0.15, -0.1) is 0 Å². The summed E-state index contributed by atoms with van der Waals surface area (Å²) in [5, 5.41) is 12.7. The Morgan fingerprint density at radius 1 is 1.18 bits per heavy atom. The number of rotatable bonds is 6. The Bertz CT molecular complexity index is 1380. The van der Waals surface area contributed by atoms with Crippen LogP contribution in [0.1, 0.15) is 78.7 Å². The highest BCUT2D eigenvalue weighted by molar-refractivity contribution is 6.04. The van der Waals surface area contributed by atoms with Gasteiger partial charge < -0.3 is 25.9 Å². The predicted octanol–water partition coefficient (Wildman–Crippen LogP) is 4.29. The number of carboxylic acids is 1. The number of pyridine rings is 1. The zero-order valence-electron chi connectivity index (χ0n) is 22.6. The molecular formula is C28H34N6O5. The standard InChI is InChI=1S/C28H34N6O5/c1-5-17-12-13-30-21(15-17)31-25(35)19-10-8-18(9-11-19)22-23(26(36)37)34(29)24(32-22)20-7-6-14-33(16-20)27(38)39-28(2,3)4/h8-13,15,20H,5-7,14,16,29H2,1-4H3,(H,36,37)(H,30,31,35). The van der Waals surface area contributed by atoms with Crippen LogP contribution in [0.4, 0.5) is 10.6 Å². The molecule has 11 nitrogen and oxygen atoms in total. The number of aromatic carboxylic acids is 1. The molecule has 3 aromatic rings. The van der Waals surface area contributed by atoms with Crippen molar-refractivity contribution >= 4 is 23.8 Å². The number of imidazole rings is 1. The first-order chi connectivity index (χ1) is 18.5. The van der Waals surface area contributed by atoms with Crippen LogP contribution in [-0.4, -0.2) is 61.3 Å². The van der Waals surface area contributed by atoms with Gasteiger partial charge in [0.2, 0.25) is 0 Å². The number of aryl methyl sites for hydroxylation is 1. The molecule has 3 heterocycles.